The number of amides is 1. The first-order valence-corrected chi connectivity index (χ1v) is 6.75. The van der Waals surface area contributed by atoms with Crippen molar-refractivity contribution in [3.63, 3.8) is 0 Å². The number of nitrogens with one attached hydrogen (secondary N) is 1. The van der Waals surface area contributed by atoms with E-state index >= 15 is 0 Å². The molecule has 0 saturated carbocycles. The van der Waals surface area contributed by atoms with Gasteiger partial charge in [-0.1, -0.05) is 6.92 Å². The van der Waals surface area contributed by atoms with E-state index in [2.05, 4.69) is 10.3 Å². The van der Waals surface area contributed by atoms with E-state index in [-0.39, 0.29) is 24.7 Å². The fourth-order valence-corrected chi connectivity index (χ4v) is 2.09. The summed E-state index contributed by atoms with van der Waals surface area (Å²) >= 11 is 1.53. The van der Waals surface area contributed by atoms with Crippen molar-refractivity contribution in [2.75, 3.05) is 6.54 Å². The zero-order valence-corrected chi connectivity index (χ0v) is 11.4. The Kier molecular flexibility index (Phi) is 5.77. The molecule has 18 heavy (non-hydrogen) atoms. The van der Waals surface area contributed by atoms with E-state index in [1.807, 2.05) is 19.2 Å². The SMILES string of the molecule is Cc1nc(CC(=O)NCC(C)CCC(=O)O)cs1. The summed E-state index contributed by atoms with van der Waals surface area (Å²) in [6, 6.07) is 0. The monoisotopic (exact) mass is 270 g/mol. The zero-order chi connectivity index (χ0) is 13.5. The Balaban J connectivity index is 2.22. The van der Waals surface area contributed by atoms with Gasteiger partial charge in [0.2, 0.25) is 5.91 Å². The third-order valence-electron chi connectivity index (χ3n) is 2.51. The van der Waals surface area contributed by atoms with Gasteiger partial charge in [-0.2, -0.15) is 0 Å². The van der Waals surface area contributed by atoms with Crippen LogP contribution in [0, 0.1) is 12.8 Å². The Morgan fingerprint density at radius 1 is 1.56 bits per heavy atom. The number of hydrogen-bond acceptors (Lipinski definition) is 4. The number of hydrogen-bond donors (Lipinski definition) is 2. The van der Waals surface area contributed by atoms with E-state index in [0.29, 0.717) is 13.0 Å². The smallest absolute Gasteiger partial charge is 0.303 e. The van der Waals surface area contributed by atoms with Gasteiger partial charge in [0.05, 0.1) is 17.1 Å². The van der Waals surface area contributed by atoms with E-state index in [0.717, 1.165) is 10.7 Å². The molecule has 0 radical (unpaired) electrons. The molecule has 6 heteroatoms. The molecule has 1 unspecified atom stereocenters. The maximum Gasteiger partial charge on any atom is 0.303 e. The van der Waals surface area contributed by atoms with Crippen LogP contribution in [-0.2, 0) is 16.0 Å². The van der Waals surface area contributed by atoms with Gasteiger partial charge in [-0.25, -0.2) is 4.98 Å². The molecule has 1 aromatic rings. The number of rotatable bonds is 7. The minimum Gasteiger partial charge on any atom is -0.481 e. The Bertz CT molecular complexity index is 417. The van der Waals surface area contributed by atoms with E-state index in [4.69, 9.17) is 5.11 Å². The number of carboxylic acids is 1. The van der Waals surface area contributed by atoms with Crippen LogP contribution >= 0.6 is 11.3 Å². The Morgan fingerprint density at radius 2 is 2.28 bits per heavy atom. The molecular formula is C12H18N2O3S. The second-order valence-electron chi connectivity index (χ2n) is 4.38. The molecule has 1 heterocycles. The van der Waals surface area contributed by atoms with Crippen LogP contribution in [0.15, 0.2) is 5.38 Å². The lowest BCUT2D eigenvalue weighted by Crippen LogP contribution is -2.29. The molecule has 100 valence electrons. The summed E-state index contributed by atoms with van der Waals surface area (Å²) in [5.74, 6) is -0.698. The number of aryl methyl sites for hydroxylation is 1. The maximum absolute atomic E-state index is 11.6. The molecular weight excluding hydrogens is 252 g/mol. The van der Waals surface area contributed by atoms with Crippen molar-refractivity contribution < 1.29 is 14.7 Å². The average molecular weight is 270 g/mol. The summed E-state index contributed by atoms with van der Waals surface area (Å²) in [5.41, 5.74) is 0.785. The summed E-state index contributed by atoms with van der Waals surface area (Å²) in [6.45, 7) is 4.34. The molecule has 2 N–H and O–H groups in total. The van der Waals surface area contributed by atoms with Crippen molar-refractivity contribution in [2.45, 2.75) is 33.1 Å². The van der Waals surface area contributed by atoms with E-state index in [1.54, 1.807) is 0 Å². The highest BCUT2D eigenvalue weighted by Gasteiger charge is 2.09. The summed E-state index contributed by atoms with van der Waals surface area (Å²) < 4.78 is 0. The van der Waals surface area contributed by atoms with Gasteiger partial charge < -0.3 is 10.4 Å². The van der Waals surface area contributed by atoms with E-state index in [1.165, 1.54) is 11.3 Å². The quantitative estimate of drug-likeness (QED) is 0.789. The van der Waals surface area contributed by atoms with Crippen molar-refractivity contribution in [2.24, 2.45) is 5.92 Å². The van der Waals surface area contributed by atoms with Gasteiger partial charge >= 0.3 is 5.97 Å². The summed E-state index contributed by atoms with van der Waals surface area (Å²) in [4.78, 5) is 26.2. The Hall–Kier alpha value is -1.43. The van der Waals surface area contributed by atoms with Crippen molar-refractivity contribution >= 4 is 23.2 Å². The van der Waals surface area contributed by atoms with Crippen LogP contribution in [0.1, 0.15) is 30.5 Å². The largest absolute Gasteiger partial charge is 0.481 e. The normalized spacial score (nSPS) is 12.1. The van der Waals surface area contributed by atoms with Gasteiger partial charge in [0.25, 0.3) is 0 Å². The first-order chi connectivity index (χ1) is 8.47. The van der Waals surface area contributed by atoms with Gasteiger partial charge in [-0.15, -0.1) is 11.3 Å². The summed E-state index contributed by atoms with van der Waals surface area (Å²) in [7, 11) is 0. The molecule has 1 amide bonds. The number of nitrogens with zero attached hydrogens (tertiary/aromatic N) is 1. The highest BCUT2D eigenvalue weighted by molar-refractivity contribution is 7.09. The predicted octanol–water partition coefficient (Wildman–Crippen LogP) is 1.61. The minimum atomic E-state index is -0.800. The molecule has 0 aliphatic rings. The second kappa shape index (κ2) is 7.10. The van der Waals surface area contributed by atoms with Crippen LogP contribution in [0.3, 0.4) is 0 Å². The third kappa shape index (κ3) is 5.77. The summed E-state index contributed by atoms with van der Waals surface area (Å²) in [5, 5.41) is 14.2. The number of carboxylic acid groups (broad SMARTS) is 1. The number of aliphatic carboxylic acids is 1. The van der Waals surface area contributed by atoms with Crippen LogP contribution in [0.5, 0.6) is 0 Å². The van der Waals surface area contributed by atoms with Crippen LogP contribution in [0.2, 0.25) is 0 Å². The fourth-order valence-electron chi connectivity index (χ4n) is 1.48. The zero-order valence-electron chi connectivity index (χ0n) is 10.6. The van der Waals surface area contributed by atoms with Gasteiger partial charge in [0.1, 0.15) is 0 Å². The highest BCUT2D eigenvalue weighted by Crippen LogP contribution is 2.08. The average Bonchev–Trinajstić information content (AvgIpc) is 2.69. The van der Waals surface area contributed by atoms with Crippen LogP contribution in [-0.4, -0.2) is 28.5 Å². The van der Waals surface area contributed by atoms with Crippen LogP contribution in [0.4, 0.5) is 0 Å². The van der Waals surface area contributed by atoms with E-state index in [9.17, 15) is 9.59 Å². The highest BCUT2D eigenvalue weighted by atomic mass is 32.1. The maximum atomic E-state index is 11.6. The number of carbonyl (C=O) groups is 2. The number of thiazole rings is 1. The van der Waals surface area contributed by atoms with Crippen molar-refractivity contribution in [1.29, 1.82) is 0 Å². The van der Waals surface area contributed by atoms with Gasteiger partial charge in [-0.05, 0) is 19.3 Å². The second-order valence-corrected chi connectivity index (χ2v) is 5.44. The van der Waals surface area contributed by atoms with E-state index < -0.39 is 5.97 Å². The fraction of sp³-hybridized carbons (Fsp3) is 0.583. The predicted molar refractivity (Wildman–Crippen MR) is 69.6 cm³/mol. The van der Waals surface area contributed by atoms with Crippen molar-refractivity contribution in [3.05, 3.63) is 16.1 Å². The summed E-state index contributed by atoms with van der Waals surface area (Å²) in [6.07, 6.45) is 1.00. The third-order valence-corrected chi connectivity index (χ3v) is 3.33. The van der Waals surface area contributed by atoms with Crippen molar-refractivity contribution in [1.82, 2.24) is 10.3 Å². The molecule has 0 aliphatic carbocycles. The number of carbonyl (C=O) groups excluding carboxylic acids is 1. The molecule has 1 aromatic heterocycles. The molecule has 0 bridgehead atoms. The lowest BCUT2D eigenvalue weighted by atomic mass is 10.1. The Morgan fingerprint density at radius 3 is 2.83 bits per heavy atom. The first-order valence-electron chi connectivity index (χ1n) is 5.87. The molecule has 1 rings (SSSR count). The van der Waals surface area contributed by atoms with Gasteiger partial charge in [0, 0.05) is 18.3 Å². The molecule has 0 aromatic carbocycles. The Labute approximate surface area is 110 Å². The number of aromatic nitrogens is 1. The van der Waals surface area contributed by atoms with Crippen LogP contribution < -0.4 is 5.32 Å². The molecule has 5 nitrogen and oxygen atoms in total. The minimum absolute atomic E-state index is 0.0672. The van der Waals surface area contributed by atoms with Gasteiger partial charge in [0.15, 0.2) is 0 Å². The lowest BCUT2D eigenvalue weighted by molar-refractivity contribution is -0.137. The van der Waals surface area contributed by atoms with Crippen LogP contribution in [0.25, 0.3) is 0 Å². The first kappa shape index (κ1) is 14.6. The lowest BCUT2D eigenvalue weighted by Gasteiger charge is -2.10. The molecule has 0 spiro atoms. The molecule has 0 fully saturated rings. The van der Waals surface area contributed by atoms with Gasteiger partial charge in [-0.3, -0.25) is 9.59 Å². The molecule has 0 saturated heterocycles. The standard InChI is InChI=1S/C12H18N2O3S/c1-8(3-4-12(16)17)6-13-11(15)5-10-7-18-9(2)14-10/h7-8H,3-6H2,1-2H3,(H,13,15)(H,16,17). The molecule has 1 atom stereocenters. The van der Waals surface area contributed by atoms with Crippen molar-refractivity contribution in [3.8, 4) is 0 Å². The molecule has 0 aliphatic heterocycles. The topological polar surface area (TPSA) is 79.3 Å².